The highest BCUT2D eigenvalue weighted by Gasteiger charge is 2.26. The molecule has 4 rings (SSSR count). The van der Waals surface area contributed by atoms with Crippen LogP contribution < -0.4 is 5.32 Å². The molecule has 0 radical (unpaired) electrons. The molecule has 3 N–H and O–H groups in total. The highest BCUT2D eigenvalue weighted by atomic mass is 35.5. The number of piperazine rings is 1. The van der Waals surface area contributed by atoms with Gasteiger partial charge >= 0.3 is 13.9 Å². The molecule has 0 saturated carbocycles. The predicted octanol–water partition coefficient (Wildman–Crippen LogP) is 4.71. The topological polar surface area (TPSA) is 162 Å². The summed E-state index contributed by atoms with van der Waals surface area (Å²) in [5.74, 6) is -0.714. The minimum absolute atomic E-state index is 0. The van der Waals surface area contributed by atoms with Crippen LogP contribution in [0.5, 0.6) is 0 Å². The molecule has 0 bridgehead atoms. The Morgan fingerprint density at radius 2 is 1.79 bits per heavy atom. The van der Waals surface area contributed by atoms with Gasteiger partial charge in [0.05, 0.1) is 17.7 Å². The van der Waals surface area contributed by atoms with Crippen LogP contribution in [0.1, 0.15) is 32.3 Å². The molecule has 2 aromatic carbocycles. The van der Waals surface area contributed by atoms with Crippen molar-refractivity contribution in [2.45, 2.75) is 39.2 Å². The number of hydrogen-bond acceptors (Lipinski definition) is 8. The third-order valence-electron chi connectivity index (χ3n) is 7.93. The predicted molar refractivity (Wildman–Crippen MR) is 180 cm³/mol. The van der Waals surface area contributed by atoms with Gasteiger partial charge in [-0.15, -0.1) is 0 Å². The molecule has 0 aliphatic carbocycles. The summed E-state index contributed by atoms with van der Waals surface area (Å²) in [6, 6.07) is 13.0. The van der Waals surface area contributed by atoms with Crippen LogP contribution in [0.15, 0.2) is 54.7 Å². The van der Waals surface area contributed by atoms with Crippen molar-refractivity contribution < 1.29 is 42.4 Å². The second-order valence-corrected chi connectivity index (χ2v) is 12.7. The maximum Gasteiger partial charge on any atom is 0.469 e. The number of ether oxygens (including phenoxy) is 1. The molecule has 1 fully saturated rings. The first-order valence-corrected chi connectivity index (χ1v) is 17.0. The monoisotopic (exact) mass is 709 g/mol. The van der Waals surface area contributed by atoms with Crippen molar-refractivity contribution in [3.05, 3.63) is 71.1 Å². The summed E-state index contributed by atoms with van der Waals surface area (Å²) in [6.45, 7) is 1.84. The number of carbonyl (C=O) groups excluding carboxylic acids is 3. The van der Waals surface area contributed by atoms with Crippen LogP contribution in [0, 0.1) is 5.82 Å². The van der Waals surface area contributed by atoms with Gasteiger partial charge in [0.15, 0.2) is 0 Å². The molecule has 16 heteroatoms. The number of fused-ring (bicyclic) bond motifs is 1. The Morgan fingerprint density at radius 3 is 2.50 bits per heavy atom. The van der Waals surface area contributed by atoms with Crippen LogP contribution in [0.4, 0.5) is 15.0 Å². The van der Waals surface area contributed by atoms with Gasteiger partial charge in [-0.2, -0.15) is 0 Å². The Hall–Kier alpha value is -3.65. The number of nitrogens with zero attached hydrogens (tertiary/aromatic N) is 4. The van der Waals surface area contributed by atoms with Crippen molar-refractivity contribution in [3.63, 3.8) is 0 Å². The zero-order valence-corrected chi connectivity index (χ0v) is 27.5. The number of pyridine rings is 1. The van der Waals surface area contributed by atoms with Gasteiger partial charge in [-0.05, 0) is 35.9 Å². The number of rotatable bonds is 14. The van der Waals surface area contributed by atoms with Gasteiger partial charge in [0.1, 0.15) is 18.2 Å². The zero-order chi connectivity index (χ0) is 34.0. The lowest BCUT2D eigenvalue weighted by Crippen LogP contribution is -2.49. The van der Waals surface area contributed by atoms with Gasteiger partial charge in [0.25, 0.3) is 0 Å². The fraction of sp³-hybridized carbons (Fsp3) is 0.438. The van der Waals surface area contributed by atoms with E-state index in [1.807, 2.05) is 29.2 Å². The number of hydrogen-bond donors (Lipinski definition) is 3. The van der Waals surface area contributed by atoms with E-state index in [4.69, 9.17) is 26.1 Å². The number of likely N-dealkylation sites (N-methyl/N-ethyl adjacent to an activating group) is 1. The second-order valence-electron chi connectivity index (χ2n) is 11.1. The number of halogens is 2. The van der Waals surface area contributed by atoms with Gasteiger partial charge in [0, 0.05) is 64.2 Å². The number of amides is 3. The lowest BCUT2D eigenvalue weighted by atomic mass is 10.1. The lowest BCUT2D eigenvalue weighted by Gasteiger charge is -2.35. The van der Waals surface area contributed by atoms with Crippen LogP contribution in [-0.4, -0.2) is 106 Å². The molecular weight excluding hydrogens is 668 g/mol. The number of phosphoric acid groups is 1. The van der Waals surface area contributed by atoms with Crippen LogP contribution in [-0.2, 0) is 29.8 Å². The fourth-order valence-corrected chi connectivity index (χ4v) is 5.71. The first-order chi connectivity index (χ1) is 22.4. The summed E-state index contributed by atoms with van der Waals surface area (Å²) in [6.07, 6.45) is 1.37. The van der Waals surface area contributed by atoms with E-state index >= 15 is 0 Å². The van der Waals surface area contributed by atoms with Crippen LogP contribution in [0.3, 0.4) is 0 Å². The van der Waals surface area contributed by atoms with E-state index in [1.165, 1.54) is 17.0 Å². The largest absolute Gasteiger partial charge is 0.469 e. The first-order valence-electron chi connectivity index (χ1n) is 15.1. The van der Waals surface area contributed by atoms with Crippen LogP contribution in [0.25, 0.3) is 10.8 Å². The van der Waals surface area contributed by atoms with E-state index in [9.17, 15) is 23.3 Å². The SMILES string of the molecule is C.CN(C(=O)CCc1cccc(F)c1Cl)[C@@H](CCC(=O)N1CCN(CCOP(=O)(O)O)CC1)COC(=O)Nc1cc2ccccc2cn1. The van der Waals surface area contributed by atoms with E-state index < -0.39 is 25.8 Å². The number of anilines is 1. The molecule has 1 aliphatic rings. The Morgan fingerprint density at radius 1 is 1.08 bits per heavy atom. The molecule has 48 heavy (non-hydrogen) atoms. The summed E-state index contributed by atoms with van der Waals surface area (Å²) in [7, 11) is -2.97. The highest BCUT2D eigenvalue weighted by molar-refractivity contribution is 7.46. The van der Waals surface area contributed by atoms with Gasteiger partial charge in [-0.25, -0.2) is 18.7 Å². The smallest absolute Gasteiger partial charge is 0.447 e. The van der Waals surface area contributed by atoms with Crippen molar-refractivity contribution in [1.29, 1.82) is 0 Å². The molecular formula is C32H42ClFN5O8P. The fourth-order valence-electron chi connectivity index (χ4n) is 5.17. The Labute approximate surface area is 284 Å². The molecule has 2 heterocycles. The average Bonchev–Trinajstić information content (AvgIpc) is 3.04. The van der Waals surface area contributed by atoms with Gasteiger partial charge < -0.3 is 24.3 Å². The molecule has 1 aromatic heterocycles. The minimum Gasteiger partial charge on any atom is -0.447 e. The zero-order valence-electron chi connectivity index (χ0n) is 25.9. The van der Waals surface area contributed by atoms with Crippen LogP contribution in [0.2, 0.25) is 5.02 Å². The third-order valence-corrected chi connectivity index (χ3v) is 8.87. The number of carbonyl (C=O) groups is 3. The molecule has 1 saturated heterocycles. The molecule has 1 atom stereocenters. The van der Waals surface area contributed by atoms with Crippen molar-refractivity contribution in [2.24, 2.45) is 0 Å². The van der Waals surface area contributed by atoms with Crippen molar-refractivity contribution in [2.75, 3.05) is 58.3 Å². The van der Waals surface area contributed by atoms with Crippen LogP contribution >= 0.6 is 19.4 Å². The Bertz CT molecular complexity index is 1600. The summed E-state index contributed by atoms with van der Waals surface area (Å²) in [5, 5.41) is 4.35. The summed E-state index contributed by atoms with van der Waals surface area (Å²) in [5.41, 5.74) is 0.492. The Kier molecular flexibility index (Phi) is 14.7. The molecule has 13 nitrogen and oxygen atoms in total. The second kappa shape index (κ2) is 18.2. The number of aryl methyl sites for hydroxylation is 1. The summed E-state index contributed by atoms with van der Waals surface area (Å²) in [4.78, 5) is 66.0. The lowest BCUT2D eigenvalue weighted by molar-refractivity contribution is -0.136. The van der Waals surface area contributed by atoms with E-state index in [0.717, 1.165) is 10.8 Å². The first kappa shape index (κ1) is 38.8. The van der Waals surface area contributed by atoms with Gasteiger partial charge in [-0.3, -0.25) is 24.3 Å². The molecule has 1 aliphatic heterocycles. The molecule has 262 valence electrons. The van der Waals surface area contributed by atoms with Crippen molar-refractivity contribution in [3.8, 4) is 0 Å². The minimum atomic E-state index is -4.54. The van der Waals surface area contributed by atoms with E-state index in [-0.39, 0.29) is 63.2 Å². The summed E-state index contributed by atoms with van der Waals surface area (Å²) < 4.78 is 34.8. The highest BCUT2D eigenvalue weighted by Crippen LogP contribution is 2.35. The maximum atomic E-state index is 13.9. The van der Waals surface area contributed by atoms with Crippen molar-refractivity contribution >= 4 is 53.9 Å². The van der Waals surface area contributed by atoms with E-state index in [1.54, 1.807) is 30.3 Å². The number of aromatic nitrogens is 1. The van der Waals surface area contributed by atoms with Gasteiger partial charge in [0.2, 0.25) is 11.8 Å². The maximum absolute atomic E-state index is 13.9. The number of phosphoric ester groups is 1. The number of nitrogens with one attached hydrogen (secondary N) is 1. The third kappa shape index (κ3) is 11.8. The molecule has 0 spiro atoms. The average molecular weight is 710 g/mol. The van der Waals surface area contributed by atoms with E-state index in [2.05, 4.69) is 14.8 Å². The summed E-state index contributed by atoms with van der Waals surface area (Å²) >= 11 is 6.06. The quantitative estimate of drug-likeness (QED) is 0.200. The standard InChI is InChI=1S/C31H38ClFN5O8P.CH4/c1-36(28(39)11-9-22-7-4-8-26(33)30(22)32)25(21-45-31(41)35-27-19-23-5-2-3-6-24(23)20-34-27)10-12-29(40)38-15-13-37(14-16-38)17-18-46-47(42,43)44;/h2-8,19-20,25H,9-18,21H2,1H3,(H,34,35,41)(H2,42,43,44);1H4/t25-;/m0./s1. The normalized spacial score (nSPS) is 14.2. The van der Waals surface area contributed by atoms with Gasteiger partial charge in [-0.1, -0.05) is 55.4 Å². The Balaban J connectivity index is 0.00000625. The van der Waals surface area contributed by atoms with E-state index in [0.29, 0.717) is 44.1 Å². The molecule has 3 aromatic rings. The molecule has 3 amide bonds. The number of benzene rings is 2. The van der Waals surface area contributed by atoms with Crippen molar-refractivity contribution in [1.82, 2.24) is 19.7 Å². The molecule has 0 unspecified atom stereocenters.